The summed E-state index contributed by atoms with van der Waals surface area (Å²) in [4.78, 5) is 14.6. The highest BCUT2D eigenvalue weighted by Crippen LogP contribution is 2.26. The van der Waals surface area contributed by atoms with E-state index in [9.17, 15) is 4.79 Å². The van der Waals surface area contributed by atoms with Crippen molar-refractivity contribution in [1.29, 1.82) is 0 Å². The molecule has 5 heteroatoms. The van der Waals surface area contributed by atoms with E-state index < -0.39 is 5.60 Å². The molecule has 1 aromatic carbocycles. The maximum absolute atomic E-state index is 12.8. The van der Waals surface area contributed by atoms with Crippen LogP contribution in [0.25, 0.3) is 0 Å². The van der Waals surface area contributed by atoms with Gasteiger partial charge in [-0.3, -0.25) is 4.79 Å². The van der Waals surface area contributed by atoms with Gasteiger partial charge in [0.15, 0.2) is 5.60 Å². The van der Waals surface area contributed by atoms with Crippen molar-refractivity contribution >= 4 is 17.5 Å². The molecule has 0 bridgehead atoms. The Hall–Kier alpha value is -1.26. The van der Waals surface area contributed by atoms with E-state index in [-0.39, 0.29) is 18.1 Å². The summed E-state index contributed by atoms with van der Waals surface area (Å²) in [6.07, 6.45) is 0.0857. The second-order valence-corrected chi connectivity index (χ2v) is 6.90. The largest absolute Gasteiger partial charge is 0.478 e. The summed E-state index contributed by atoms with van der Waals surface area (Å²) in [5.74, 6) is 0.622. The molecule has 0 aliphatic carbocycles. The predicted octanol–water partition coefficient (Wildman–Crippen LogP) is 3.44. The Balaban J connectivity index is 2.11. The van der Waals surface area contributed by atoms with Gasteiger partial charge in [-0.25, -0.2) is 0 Å². The average Bonchev–Trinajstić information content (AvgIpc) is 2.40. The highest BCUT2D eigenvalue weighted by molar-refractivity contribution is 6.31. The van der Waals surface area contributed by atoms with Crippen molar-refractivity contribution in [1.82, 2.24) is 4.90 Å². The van der Waals surface area contributed by atoms with Crippen molar-refractivity contribution < 1.29 is 14.3 Å². The highest BCUT2D eigenvalue weighted by Gasteiger charge is 2.37. The van der Waals surface area contributed by atoms with Crippen LogP contribution in [0, 0.1) is 6.92 Å². The molecule has 22 heavy (non-hydrogen) atoms. The third-order valence-corrected chi connectivity index (χ3v) is 4.15. The number of rotatable bonds is 3. The number of nitrogens with zero attached hydrogens (tertiary/aromatic N) is 1. The van der Waals surface area contributed by atoms with E-state index in [1.165, 1.54) is 0 Å². The lowest BCUT2D eigenvalue weighted by Gasteiger charge is -2.39. The molecule has 2 atom stereocenters. The van der Waals surface area contributed by atoms with Gasteiger partial charge >= 0.3 is 0 Å². The lowest BCUT2D eigenvalue weighted by Crippen LogP contribution is -2.55. The van der Waals surface area contributed by atoms with Crippen LogP contribution >= 0.6 is 11.6 Å². The van der Waals surface area contributed by atoms with Crippen LogP contribution in [0.3, 0.4) is 0 Å². The summed E-state index contributed by atoms with van der Waals surface area (Å²) >= 11 is 6.02. The van der Waals surface area contributed by atoms with Crippen LogP contribution in [0.4, 0.5) is 0 Å². The topological polar surface area (TPSA) is 38.8 Å². The van der Waals surface area contributed by atoms with Crippen molar-refractivity contribution in [3.63, 3.8) is 0 Å². The van der Waals surface area contributed by atoms with Gasteiger partial charge in [-0.15, -0.1) is 0 Å². The second kappa shape index (κ2) is 6.47. The number of amides is 1. The quantitative estimate of drug-likeness (QED) is 0.854. The fourth-order valence-electron chi connectivity index (χ4n) is 2.74. The van der Waals surface area contributed by atoms with E-state index in [0.717, 1.165) is 5.56 Å². The molecule has 1 aromatic rings. The van der Waals surface area contributed by atoms with Crippen molar-refractivity contribution in [2.45, 2.75) is 52.4 Å². The minimum absolute atomic E-state index is 0.0258. The summed E-state index contributed by atoms with van der Waals surface area (Å²) in [7, 11) is 0. The van der Waals surface area contributed by atoms with Gasteiger partial charge in [0.05, 0.1) is 12.2 Å². The number of aryl methyl sites for hydroxylation is 1. The van der Waals surface area contributed by atoms with E-state index in [1.807, 2.05) is 31.7 Å². The maximum atomic E-state index is 12.8. The Morgan fingerprint density at radius 2 is 1.91 bits per heavy atom. The molecule has 1 saturated heterocycles. The molecule has 1 aliphatic rings. The molecule has 0 saturated carbocycles. The Morgan fingerprint density at radius 3 is 2.45 bits per heavy atom. The monoisotopic (exact) mass is 325 g/mol. The minimum atomic E-state index is -0.933. The first-order valence-corrected chi connectivity index (χ1v) is 7.97. The Kier molecular flexibility index (Phi) is 5.03. The van der Waals surface area contributed by atoms with Crippen molar-refractivity contribution in [3.8, 4) is 5.75 Å². The van der Waals surface area contributed by atoms with Crippen molar-refractivity contribution in [2.75, 3.05) is 13.1 Å². The van der Waals surface area contributed by atoms with Crippen LogP contribution in [-0.2, 0) is 9.53 Å². The van der Waals surface area contributed by atoms with E-state index in [1.54, 1.807) is 26.0 Å². The van der Waals surface area contributed by atoms with Gasteiger partial charge in [0.1, 0.15) is 5.75 Å². The Bertz CT molecular complexity index is 549. The summed E-state index contributed by atoms with van der Waals surface area (Å²) in [6.45, 7) is 10.6. The zero-order valence-corrected chi connectivity index (χ0v) is 14.6. The lowest BCUT2D eigenvalue weighted by atomic mass is 10.1. The average molecular weight is 326 g/mol. The zero-order chi connectivity index (χ0) is 16.5. The zero-order valence-electron chi connectivity index (χ0n) is 13.9. The number of ether oxygens (including phenoxy) is 2. The fourth-order valence-corrected chi connectivity index (χ4v) is 2.86. The SMILES string of the molecule is Cc1cc(OC(C)(C)C(=O)N2C[C@@H](C)O[C@H](C)C2)ccc1Cl. The van der Waals surface area contributed by atoms with Crippen molar-refractivity contribution in [3.05, 3.63) is 28.8 Å². The minimum Gasteiger partial charge on any atom is -0.478 e. The smallest absolute Gasteiger partial charge is 0.266 e. The maximum Gasteiger partial charge on any atom is 0.266 e. The molecule has 122 valence electrons. The first-order valence-electron chi connectivity index (χ1n) is 7.59. The van der Waals surface area contributed by atoms with Crippen LogP contribution in [0.2, 0.25) is 5.02 Å². The van der Waals surface area contributed by atoms with Gasteiger partial charge < -0.3 is 14.4 Å². The van der Waals surface area contributed by atoms with Gasteiger partial charge in [-0.05, 0) is 58.4 Å². The molecular formula is C17H24ClNO3. The molecule has 0 N–H and O–H groups in total. The second-order valence-electron chi connectivity index (χ2n) is 6.49. The van der Waals surface area contributed by atoms with E-state index in [0.29, 0.717) is 23.9 Å². The van der Waals surface area contributed by atoms with Crippen LogP contribution in [0.1, 0.15) is 33.3 Å². The number of hydrogen-bond donors (Lipinski definition) is 0. The molecule has 0 aromatic heterocycles. The summed E-state index contributed by atoms with van der Waals surface area (Å²) in [5, 5.41) is 0.687. The Morgan fingerprint density at radius 1 is 1.32 bits per heavy atom. The standard InChI is InChI=1S/C17H24ClNO3/c1-11-8-14(6-7-15(11)18)22-17(4,5)16(20)19-9-12(2)21-13(3)10-19/h6-8,12-13H,9-10H2,1-5H3/t12-,13-/m1/s1. The fraction of sp³-hybridized carbons (Fsp3) is 0.588. The van der Waals surface area contributed by atoms with Gasteiger partial charge in [0, 0.05) is 18.1 Å². The third kappa shape index (κ3) is 3.93. The molecule has 1 fully saturated rings. The number of carbonyl (C=O) groups is 1. The molecule has 0 spiro atoms. The molecule has 4 nitrogen and oxygen atoms in total. The number of carbonyl (C=O) groups excluding carboxylic acids is 1. The normalized spacial score (nSPS) is 22.5. The van der Waals surface area contributed by atoms with E-state index in [2.05, 4.69) is 0 Å². The van der Waals surface area contributed by atoms with E-state index in [4.69, 9.17) is 21.1 Å². The molecule has 1 aliphatic heterocycles. The Labute approximate surface area is 137 Å². The number of morpholine rings is 1. The van der Waals surface area contributed by atoms with Crippen LogP contribution in [0.5, 0.6) is 5.75 Å². The van der Waals surface area contributed by atoms with Crippen LogP contribution in [0.15, 0.2) is 18.2 Å². The molecule has 2 rings (SSSR count). The van der Waals surface area contributed by atoms with Gasteiger partial charge in [-0.1, -0.05) is 11.6 Å². The number of hydrogen-bond acceptors (Lipinski definition) is 3. The lowest BCUT2D eigenvalue weighted by molar-refractivity contribution is -0.156. The highest BCUT2D eigenvalue weighted by atomic mass is 35.5. The molecule has 1 amide bonds. The summed E-state index contributed by atoms with van der Waals surface area (Å²) in [5.41, 5.74) is -0.00660. The number of benzene rings is 1. The van der Waals surface area contributed by atoms with Gasteiger partial charge in [0.25, 0.3) is 5.91 Å². The molecule has 0 unspecified atom stereocenters. The first kappa shape index (κ1) is 17.1. The number of halogens is 1. The predicted molar refractivity (Wildman–Crippen MR) is 87.5 cm³/mol. The van der Waals surface area contributed by atoms with Crippen LogP contribution < -0.4 is 4.74 Å². The third-order valence-electron chi connectivity index (χ3n) is 3.72. The first-order chi connectivity index (χ1) is 10.2. The van der Waals surface area contributed by atoms with Crippen LogP contribution in [-0.4, -0.2) is 41.7 Å². The molecular weight excluding hydrogens is 302 g/mol. The van der Waals surface area contributed by atoms with Gasteiger partial charge in [0.2, 0.25) is 0 Å². The molecule has 0 radical (unpaired) electrons. The van der Waals surface area contributed by atoms with Crippen molar-refractivity contribution in [2.24, 2.45) is 0 Å². The van der Waals surface area contributed by atoms with E-state index >= 15 is 0 Å². The summed E-state index contributed by atoms with van der Waals surface area (Å²) < 4.78 is 11.6. The summed E-state index contributed by atoms with van der Waals surface area (Å²) in [6, 6.07) is 5.42. The van der Waals surface area contributed by atoms with Gasteiger partial charge in [-0.2, -0.15) is 0 Å². The molecule has 1 heterocycles.